The van der Waals surface area contributed by atoms with Crippen molar-refractivity contribution in [1.82, 2.24) is 5.43 Å². The van der Waals surface area contributed by atoms with Crippen molar-refractivity contribution in [3.8, 4) is 0 Å². The quantitative estimate of drug-likeness (QED) is 0.351. The fourth-order valence-corrected chi connectivity index (χ4v) is 0.827. The zero-order valence-electron chi connectivity index (χ0n) is 7.33. The number of nitrogens with one attached hydrogen (secondary N) is 2. The normalized spacial score (nSPS) is 11.0. The van der Waals surface area contributed by atoms with Crippen molar-refractivity contribution in [3.63, 3.8) is 0 Å². The molecule has 0 atom stereocenters. The third-order valence-electron chi connectivity index (χ3n) is 1.47. The van der Waals surface area contributed by atoms with Crippen LogP contribution < -0.4 is 11.2 Å². The Balaban J connectivity index is 2.73. The van der Waals surface area contributed by atoms with Crippen LogP contribution >= 0.6 is 0 Å². The molecule has 4 heteroatoms. The summed E-state index contributed by atoms with van der Waals surface area (Å²) in [5.41, 5.74) is 9.18. The minimum absolute atomic E-state index is 0.167. The van der Waals surface area contributed by atoms with Crippen LogP contribution in [0.3, 0.4) is 0 Å². The molecule has 0 amide bonds. The molecule has 0 saturated heterocycles. The topological polar surface area (TPSA) is 74.3 Å². The summed E-state index contributed by atoms with van der Waals surface area (Å²) in [5, 5.41) is 10.8. The molecule has 67 valence electrons. The van der Waals surface area contributed by atoms with Crippen LogP contribution in [0.2, 0.25) is 0 Å². The third kappa shape index (κ3) is 2.94. The first-order chi connectivity index (χ1) is 6.20. The van der Waals surface area contributed by atoms with Crippen molar-refractivity contribution in [2.45, 2.75) is 6.92 Å². The summed E-state index contributed by atoms with van der Waals surface area (Å²) in [5.74, 6) is -0.167. The molecular formula is C9H11N4. The zero-order valence-corrected chi connectivity index (χ0v) is 7.33. The molecule has 0 unspecified atom stereocenters. The van der Waals surface area contributed by atoms with E-state index in [9.17, 15) is 0 Å². The summed E-state index contributed by atoms with van der Waals surface area (Å²) in [6, 6.07) is 10.4. The Kier molecular flexibility index (Phi) is 3.03. The fourth-order valence-electron chi connectivity index (χ4n) is 0.827. The van der Waals surface area contributed by atoms with E-state index >= 15 is 0 Å². The number of hydrazone groups is 1. The molecule has 1 rings (SSSR count). The number of rotatable bonds is 2. The van der Waals surface area contributed by atoms with E-state index in [1.165, 1.54) is 0 Å². The lowest BCUT2D eigenvalue weighted by atomic mass is 10.1. The van der Waals surface area contributed by atoms with E-state index in [-0.39, 0.29) is 5.96 Å². The first-order valence-electron chi connectivity index (χ1n) is 3.81. The van der Waals surface area contributed by atoms with Crippen LogP contribution in [0.15, 0.2) is 29.4 Å². The standard InChI is InChI=1S/C9H11N4/c1-7(12-13-9(10)11)8-5-3-2-4-6-8/h2-3,5-6H,1H3,(H4,10,11,13). The summed E-state index contributed by atoms with van der Waals surface area (Å²) in [6.07, 6.45) is 0. The molecule has 0 aliphatic carbocycles. The molecule has 4 N–H and O–H groups in total. The fraction of sp³-hybridized carbons (Fsp3) is 0.111. The first kappa shape index (κ1) is 9.25. The van der Waals surface area contributed by atoms with Crippen molar-refractivity contribution in [2.24, 2.45) is 10.8 Å². The van der Waals surface area contributed by atoms with Crippen LogP contribution in [-0.2, 0) is 0 Å². The molecule has 0 aliphatic heterocycles. The lowest BCUT2D eigenvalue weighted by Crippen LogP contribution is -2.26. The Bertz CT molecular complexity index is 316. The smallest absolute Gasteiger partial charge is 0.206 e. The Hall–Kier alpha value is -1.84. The highest BCUT2D eigenvalue weighted by Crippen LogP contribution is 1.98. The highest BCUT2D eigenvalue weighted by molar-refractivity contribution is 5.99. The third-order valence-corrected chi connectivity index (χ3v) is 1.47. The van der Waals surface area contributed by atoms with E-state index in [2.05, 4.69) is 16.6 Å². The summed E-state index contributed by atoms with van der Waals surface area (Å²) in [4.78, 5) is 0. The van der Waals surface area contributed by atoms with Crippen LogP contribution in [0, 0.1) is 11.5 Å². The largest absolute Gasteiger partial charge is 0.369 e. The van der Waals surface area contributed by atoms with Gasteiger partial charge in [-0.05, 0) is 24.6 Å². The lowest BCUT2D eigenvalue weighted by molar-refractivity contribution is 0.992. The molecule has 1 aromatic carbocycles. The Morgan fingerprint density at radius 1 is 1.69 bits per heavy atom. The van der Waals surface area contributed by atoms with Gasteiger partial charge in [-0.15, -0.1) is 0 Å². The van der Waals surface area contributed by atoms with Gasteiger partial charge in [0.2, 0.25) is 5.96 Å². The van der Waals surface area contributed by atoms with Gasteiger partial charge in [-0.25, -0.2) is 5.43 Å². The number of nitrogens with zero attached hydrogens (tertiary/aromatic N) is 1. The van der Waals surface area contributed by atoms with Crippen molar-refractivity contribution >= 4 is 11.7 Å². The van der Waals surface area contributed by atoms with Gasteiger partial charge in [-0.1, -0.05) is 18.2 Å². The molecule has 0 bridgehead atoms. The maximum Gasteiger partial charge on any atom is 0.206 e. The molecule has 13 heavy (non-hydrogen) atoms. The predicted molar refractivity (Wildman–Crippen MR) is 52.5 cm³/mol. The van der Waals surface area contributed by atoms with Crippen LogP contribution in [0.4, 0.5) is 0 Å². The van der Waals surface area contributed by atoms with Gasteiger partial charge in [0.15, 0.2) is 0 Å². The Morgan fingerprint density at radius 2 is 2.46 bits per heavy atom. The van der Waals surface area contributed by atoms with E-state index < -0.39 is 0 Å². The molecule has 0 spiro atoms. The van der Waals surface area contributed by atoms with Crippen LogP contribution in [-0.4, -0.2) is 11.7 Å². The number of hydrogen-bond acceptors (Lipinski definition) is 2. The van der Waals surface area contributed by atoms with E-state index in [0.717, 1.165) is 11.3 Å². The number of hydrogen-bond donors (Lipinski definition) is 3. The van der Waals surface area contributed by atoms with Gasteiger partial charge in [0.05, 0.1) is 5.71 Å². The molecule has 1 radical (unpaired) electrons. The summed E-state index contributed by atoms with van der Waals surface area (Å²) >= 11 is 0. The molecule has 0 aromatic heterocycles. The van der Waals surface area contributed by atoms with Gasteiger partial charge in [-0.3, -0.25) is 5.41 Å². The predicted octanol–water partition coefficient (Wildman–Crippen LogP) is 0.694. The second-order valence-electron chi connectivity index (χ2n) is 2.51. The van der Waals surface area contributed by atoms with Gasteiger partial charge in [0, 0.05) is 0 Å². The number of nitrogens with two attached hydrogens (primary N) is 1. The Morgan fingerprint density at radius 3 is 3.00 bits per heavy atom. The molecule has 0 aliphatic rings. The average molecular weight is 175 g/mol. The molecular weight excluding hydrogens is 164 g/mol. The summed E-state index contributed by atoms with van der Waals surface area (Å²) < 4.78 is 0. The van der Waals surface area contributed by atoms with E-state index in [0.29, 0.717) is 0 Å². The van der Waals surface area contributed by atoms with Gasteiger partial charge >= 0.3 is 0 Å². The summed E-state index contributed by atoms with van der Waals surface area (Å²) in [7, 11) is 0. The monoisotopic (exact) mass is 175 g/mol. The van der Waals surface area contributed by atoms with Crippen molar-refractivity contribution in [3.05, 3.63) is 35.9 Å². The van der Waals surface area contributed by atoms with Gasteiger partial charge < -0.3 is 5.73 Å². The second kappa shape index (κ2) is 4.25. The number of guanidine groups is 1. The Labute approximate surface area is 77.0 Å². The van der Waals surface area contributed by atoms with Crippen LogP contribution in [0.1, 0.15) is 12.5 Å². The number of benzene rings is 1. The van der Waals surface area contributed by atoms with Crippen molar-refractivity contribution in [2.75, 3.05) is 0 Å². The van der Waals surface area contributed by atoms with E-state index in [1.807, 2.05) is 31.2 Å². The van der Waals surface area contributed by atoms with Gasteiger partial charge in [0.1, 0.15) is 0 Å². The van der Waals surface area contributed by atoms with Crippen molar-refractivity contribution in [1.29, 1.82) is 5.41 Å². The van der Waals surface area contributed by atoms with Gasteiger partial charge in [-0.2, -0.15) is 5.10 Å². The van der Waals surface area contributed by atoms with E-state index in [4.69, 9.17) is 11.1 Å². The van der Waals surface area contributed by atoms with Crippen LogP contribution in [0.5, 0.6) is 0 Å². The molecule has 0 saturated carbocycles. The second-order valence-corrected chi connectivity index (χ2v) is 2.51. The average Bonchev–Trinajstić information content (AvgIpc) is 2.15. The highest BCUT2D eigenvalue weighted by atomic mass is 15.3. The molecule has 1 aromatic rings. The van der Waals surface area contributed by atoms with Gasteiger partial charge in [0.25, 0.3) is 0 Å². The maximum absolute atomic E-state index is 6.90. The van der Waals surface area contributed by atoms with E-state index in [1.54, 1.807) is 0 Å². The minimum atomic E-state index is -0.167. The zero-order chi connectivity index (χ0) is 9.68. The molecule has 4 nitrogen and oxygen atoms in total. The molecule has 0 heterocycles. The van der Waals surface area contributed by atoms with Crippen LogP contribution in [0.25, 0.3) is 0 Å². The lowest BCUT2D eigenvalue weighted by Gasteiger charge is -2.00. The SMILES string of the molecule is CC(=NNC(=N)N)c1c[c]ccc1. The van der Waals surface area contributed by atoms with Crippen molar-refractivity contribution < 1.29 is 0 Å². The minimum Gasteiger partial charge on any atom is -0.369 e. The summed E-state index contributed by atoms with van der Waals surface area (Å²) in [6.45, 7) is 1.83. The first-order valence-corrected chi connectivity index (χ1v) is 3.81. The maximum atomic E-state index is 6.90. The molecule has 0 fully saturated rings. The highest BCUT2D eigenvalue weighted by Gasteiger charge is 1.94.